The number of aromatic amines is 1. The molecule has 0 aliphatic carbocycles. The zero-order chi connectivity index (χ0) is 18.5. The number of aromatic nitrogens is 2. The molecule has 4 rings (SSSR count). The summed E-state index contributed by atoms with van der Waals surface area (Å²) in [6.07, 6.45) is 5.13. The van der Waals surface area contributed by atoms with Crippen LogP contribution in [-0.2, 0) is 12.8 Å². The van der Waals surface area contributed by atoms with Crippen LogP contribution < -0.4 is 0 Å². The first-order valence-electron chi connectivity index (χ1n) is 9.94. The number of H-pyrrole nitrogens is 1. The Morgan fingerprint density at radius 3 is 2.37 bits per heavy atom. The van der Waals surface area contributed by atoms with Crippen molar-refractivity contribution in [1.82, 2.24) is 14.9 Å². The second-order valence-corrected chi connectivity index (χ2v) is 7.28. The molecule has 0 saturated carbocycles. The van der Waals surface area contributed by atoms with Gasteiger partial charge in [0.15, 0.2) is 0 Å². The van der Waals surface area contributed by atoms with Crippen LogP contribution in [0, 0.1) is 0 Å². The maximum atomic E-state index is 4.30. The third-order valence-electron chi connectivity index (χ3n) is 5.27. The summed E-state index contributed by atoms with van der Waals surface area (Å²) in [6, 6.07) is 22.0. The molecule has 138 valence electrons. The summed E-state index contributed by atoms with van der Waals surface area (Å²) in [5.41, 5.74) is 4.97. The Morgan fingerprint density at radius 1 is 0.815 bits per heavy atom. The summed E-state index contributed by atoms with van der Waals surface area (Å²) >= 11 is 0. The molecule has 0 radical (unpaired) electrons. The van der Waals surface area contributed by atoms with Crippen LogP contribution in [0.2, 0.25) is 0 Å². The highest BCUT2D eigenvalue weighted by molar-refractivity contribution is 5.83. The van der Waals surface area contributed by atoms with E-state index in [1.807, 2.05) is 0 Å². The maximum Gasteiger partial charge on any atom is 0.0931 e. The van der Waals surface area contributed by atoms with Crippen molar-refractivity contribution in [1.29, 1.82) is 0 Å². The molecule has 27 heavy (non-hydrogen) atoms. The number of nitrogens with one attached hydrogen (secondary N) is 1. The topological polar surface area (TPSA) is 31.9 Å². The summed E-state index contributed by atoms with van der Waals surface area (Å²) in [7, 11) is 0. The van der Waals surface area contributed by atoms with Crippen LogP contribution in [-0.4, -0.2) is 34.5 Å². The summed E-state index contributed by atoms with van der Waals surface area (Å²) in [5, 5.41) is 2.66. The van der Waals surface area contributed by atoms with Crippen LogP contribution in [0.3, 0.4) is 0 Å². The molecule has 0 fully saturated rings. The first-order valence-corrected chi connectivity index (χ1v) is 9.94. The van der Waals surface area contributed by atoms with Crippen molar-refractivity contribution >= 4 is 21.8 Å². The summed E-state index contributed by atoms with van der Waals surface area (Å²) < 4.78 is 0. The molecule has 0 aliphatic heterocycles. The van der Waals surface area contributed by atoms with Gasteiger partial charge in [-0.1, -0.05) is 55.5 Å². The predicted molar refractivity (Wildman–Crippen MR) is 114 cm³/mol. The van der Waals surface area contributed by atoms with Crippen molar-refractivity contribution in [3.05, 3.63) is 78.1 Å². The fourth-order valence-corrected chi connectivity index (χ4v) is 3.76. The molecule has 0 atom stereocenters. The average Bonchev–Trinajstić information content (AvgIpc) is 3.18. The van der Waals surface area contributed by atoms with E-state index in [1.165, 1.54) is 28.3 Å². The highest BCUT2D eigenvalue weighted by atomic mass is 15.1. The average molecular weight is 358 g/mol. The molecule has 1 heterocycles. The molecular formula is C24H27N3. The summed E-state index contributed by atoms with van der Waals surface area (Å²) in [6.45, 7) is 5.62. The summed E-state index contributed by atoms with van der Waals surface area (Å²) in [5.74, 6) is 0. The lowest BCUT2D eigenvalue weighted by molar-refractivity contribution is 0.281. The number of hydrogen-bond acceptors (Lipinski definition) is 2. The van der Waals surface area contributed by atoms with Crippen molar-refractivity contribution < 1.29 is 0 Å². The van der Waals surface area contributed by atoms with E-state index in [0.29, 0.717) is 0 Å². The van der Waals surface area contributed by atoms with Gasteiger partial charge in [0.1, 0.15) is 0 Å². The minimum absolute atomic E-state index is 1.04. The summed E-state index contributed by atoms with van der Waals surface area (Å²) in [4.78, 5) is 10.1. The van der Waals surface area contributed by atoms with Gasteiger partial charge in [-0.25, -0.2) is 4.98 Å². The van der Waals surface area contributed by atoms with Crippen molar-refractivity contribution in [3.63, 3.8) is 0 Å². The molecule has 0 amide bonds. The van der Waals surface area contributed by atoms with Crippen molar-refractivity contribution in [2.24, 2.45) is 0 Å². The van der Waals surface area contributed by atoms with Crippen LogP contribution in [0.15, 0.2) is 67.0 Å². The van der Waals surface area contributed by atoms with Gasteiger partial charge in [0.25, 0.3) is 0 Å². The van der Waals surface area contributed by atoms with E-state index in [9.17, 15) is 0 Å². The number of hydrogen-bond donors (Lipinski definition) is 1. The minimum atomic E-state index is 1.04. The molecule has 0 aliphatic rings. The van der Waals surface area contributed by atoms with Crippen molar-refractivity contribution in [2.75, 3.05) is 19.6 Å². The molecule has 1 N–H and O–H groups in total. The SMILES string of the molecule is CCCN(CCc1ccc2ccccc2c1)CCc1ccc2nc[nH]c2c1. The lowest BCUT2D eigenvalue weighted by Gasteiger charge is -2.22. The first-order chi connectivity index (χ1) is 13.3. The highest BCUT2D eigenvalue weighted by Crippen LogP contribution is 2.17. The maximum absolute atomic E-state index is 4.30. The number of fused-ring (bicyclic) bond motifs is 2. The minimum Gasteiger partial charge on any atom is -0.345 e. The van der Waals surface area contributed by atoms with E-state index >= 15 is 0 Å². The molecular weight excluding hydrogens is 330 g/mol. The highest BCUT2D eigenvalue weighted by Gasteiger charge is 2.07. The number of nitrogens with zero attached hydrogens (tertiary/aromatic N) is 2. The van der Waals surface area contributed by atoms with Gasteiger partial charge >= 0.3 is 0 Å². The molecule has 3 nitrogen and oxygen atoms in total. The van der Waals surface area contributed by atoms with Gasteiger partial charge in [0.05, 0.1) is 17.4 Å². The monoisotopic (exact) mass is 357 g/mol. The van der Waals surface area contributed by atoms with Crippen LogP contribution >= 0.6 is 0 Å². The second-order valence-electron chi connectivity index (χ2n) is 7.28. The predicted octanol–water partition coefficient (Wildman–Crippen LogP) is 5.21. The normalized spacial score (nSPS) is 11.6. The largest absolute Gasteiger partial charge is 0.345 e. The lowest BCUT2D eigenvalue weighted by atomic mass is 10.0. The van der Waals surface area contributed by atoms with Gasteiger partial charge in [0.2, 0.25) is 0 Å². The van der Waals surface area contributed by atoms with Gasteiger partial charge in [-0.2, -0.15) is 0 Å². The molecule has 0 saturated heterocycles. The van der Waals surface area contributed by atoms with Gasteiger partial charge in [-0.3, -0.25) is 0 Å². The Bertz CT molecular complexity index is 1020. The van der Waals surface area contributed by atoms with Crippen LogP contribution in [0.4, 0.5) is 0 Å². The molecule has 0 unspecified atom stereocenters. The van der Waals surface area contributed by atoms with Crippen LogP contribution in [0.1, 0.15) is 24.5 Å². The number of benzene rings is 3. The van der Waals surface area contributed by atoms with Gasteiger partial charge in [-0.05, 0) is 59.8 Å². The van der Waals surface area contributed by atoms with Crippen molar-refractivity contribution in [3.8, 4) is 0 Å². The van der Waals surface area contributed by atoms with E-state index in [1.54, 1.807) is 6.33 Å². The molecule has 3 heteroatoms. The fraction of sp³-hybridized carbons (Fsp3) is 0.292. The number of imidazole rings is 1. The lowest BCUT2D eigenvalue weighted by Crippen LogP contribution is -2.29. The van der Waals surface area contributed by atoms with Gasteiger partial charge in [-0.15, -0.1) is 0 Å². The third-order valence-corrected chi connectivity index (χ3v) is 5.27. The molecule has 4 aromatic rings. The van der Waals surface area contributed by atoms with Gasteiger partial charge < -0.3 is 9.88 Å². The molecule has 0 spiro atoms. The quantitative estimate of drug-likeness (QED) is 0.469. The van der Waals surface area contributed by atoms with E-state index in [4.69, 9.17) is 0 Å². The second kappa shape index (κ2) is 8.36. The molecule has 0 bridgehead atoms. The first kappa shape index (κ1) is 17.7. The van der Waals surface area contributed by atoms with Crippen LogP contribution in [0.5, 0.6) is 0 Å². The Morgan fingerprint density at radius 2 is 1.56 bits per heavy atom. The fourth-order valence-electron chi connectivity index (χ4n) is 3.76. The Balaban J connectivity index is 1.37. The smallest absolute Gasteiger partial charge is 0.0931 e. The van der Waals surface area contributed by atoms with Crippen molar-refractivity contribution in [2.45, 2.75) is 26.2 Å². The van der Waals surface area contributed by atoms with E-state index in [0.717, 1.165) is 43.5 Å². The standard InChI is InChI=1S/C24H27N3/c1-2-13-27(15-12-20-8-10-23-24(17-20)26-18-25-23)14-11-19-7-9-21-5-3-4-6-22(21)16-19/h3-10,16-18H,2,11-15H2,1H3,(H,25,26). The van der Waals surface area contributed by atoms with E-state index < -0.39 is 0 Å². The Hall–Kier alpha value is -2.65. The zero-order valence-corrected chi connectivity index (χ0v) is 16.0. The molecule has 3 aromatic carbocycles. The Kier molecular flexibility index (Phi) is 5.50. The number of rotatable bonds is 8. The Labute approximate surface area is 161 Å². The third kappa shape index (κ3) is 4.37. The van der Waals surface area contributed by atoms with E-state index in [2.05, 4.69) is 82.5 Å². The molecule has 1 aromatic heterocycles. The zero-order valence-electron chi connectivity index (χ0n) is 16.0. The van der Waals surface area contributed by atoms with E-state index in [-0.39, 0.29) is 0 Å². The van der Waals surface area contributed by atoms with Crippen LogP contribution in [0.25, 0.3) is 21.8 Å². The van der Waals surface area contributed by atoms with Gasteiger partial charge in [0, 0.05) is 13.1 Å².